The molecule has 4 amide bonds. The van der Waals surface area contributed by atoms with Crippen molar-refractivity contribution in [2.45, 2.75) is 62.4 Å². The zero-order valence-corrected chi connectivity index (χ0v) is 20.9. The van der Waals surface area contributed by atoms with Crippen LogP contribution in [0, 0.1) is 5.92 Å². The standard InChI is InChI=1S/C27H39N5O3/c1-30(16-10-21-6-5-7-21)27(22-8-3-2-4-9-22)13-11-26(12-14-27)20-32(25(35)29-26)19-24(34)31-17-15-28-23(33)18-31/h2-4,8-9,21H,5-7,10-20H2,1H3,(H,28,33)(H,29,35). The molecule has 2 aliphatic carbocycles. The molecule has 190 valence electrons. The summed E-state index contributed by atoms with van der Waals surface area (Å²) < 4.78 is 0. The maximum atomic E-state index is 12.9. The van der Waals surface area contributed by atoms with Crippen LogP contribution < -0.4 is 10.6 Å². The molecular weight excluding hydrogens is 442 g/mol. The van der Waals surface area contributed by atoms with E-state index in [1.165, 1.54) is 31.2 Å². The largest absolute Gasteiger partial charge is 0.353 e. The van der Waals surface area contributed by atoms with Crippen LogP contribution in [-0.4, -0.2) is 84.4 Å². The Morgan fingerprint density at radius 3 is 2.51 bits per heavy atom. The van der Waals surface area contributed by atoms with E-state index in [-0.39, 0.29) is 42.0 Å². The summed E-state index contributed by atoms with van der Waals surface area (Å²) in [6.07, 6.45) is 9.12. The van der Waals surface area contributed by atoms with Gasteiger partial charge in [0.1, 0.15) is 6.54 Å². The van der Waals surface area contributed by atoms with Gasteiger partial charge < -0.3 is 20.4 Å². The lowest BCUT2D eigenvalue weighted by atomic mass is 9.68. The zero-order valence-electron chi connectivity index (χ0n) is 20.9. The summed E-state index contributed by atoms with van der Waals surface area (Å²) in [5, 5.41) is 5.99. The highest BCUT2D eigenvalue weighted by atomic mass is 16.2. The molecule has 4 aliphatic rings. The molecule has 4 fully saturated rings. The fraction of sp³-hybridized carbons (Fsp3) is 0.667. The molecule has 2 aliphatic heterocycles. The second-order valence-corrected chi connectivity index (χ2v) is 11.1. The number of carbonyl (C=O) groups is 3. The first-order valence-corrected chi connectivity index (χ1v) is 13.3. The molecule has 1 aromatic carbocycles. The van der Waals surface area contributed by atoms with Crippen molar-refractivity contribution in [1.29, 1.82) is 0 Å². The van der Waals surface area contributed by atoms with Crippen LogP contribution in [0.4, 0.5) is 4.79 Å². The summed E-state index contributed by atoms with van der Waals surface area (Å²) in [5.41, 5.74) is 1.06. The monoisotopic (exact) mass is 481 g/mol. The van der Waals surface area contributed by atoms with Gasteiger partial charge in [0.25, 0.3) is 0 Å². The first-order valence-electron chi connectivity index (χ1n) is 13.3. The molecule has 8 nitrogen and oxygen atoms in total. The van der Waals surface area contributed by atoms with Gasteiger partial charge in [0.05, 0.1) is 12.1 Å². The van der Waals surface area contributed by atoms with Gasteiger partial charge in [-0.2, -0.15) is 0 Å². The summed E-state index contributed by atoms with van der Waals surface area (Å²) in [7, 11) is 2.27. The van der Waals surface area contributed by atoms with E-state index >= 15 is 0 Å². The van der Waals surface area contributed by atoms with Gasteiger partial charge >= 0.3 is 6.03 Å². The number of carbonyl (C=O) groups excluding carboxylic acids is 3. The number of hydrogen-bond donors (Lipinski definition) is 2. The molecule has 0 atom stereocenters. The number of hydrogen-bond acceptors (Lipinski definition) is 4. The third kappa shape index (κ3) is 4.90. The Balaban J connectivity index is 1.24. The van der Waals surface area contributed by atoms with E-state index in [0.717, 1.165) is 38.1 Å². The van der Waals surface area contributed by atoms with Gasteiger partial charge in [0, 0.05) is 25.2 Å². The molecule has 0 radical (unpaired) electrons. The number of rotatable bonds is 7. The van der Waals surface area contributed by atoms with Gasteiger partial charge in [-0.15, -0.1) is 0 Å². The molecule has 1 aromatic rings. The summed E-state index contributed by atoms with van der Waals surface area (Å²) >= 11 is 0. The Morgan fingerprint density at radius 1 is 1.11 bits per heavy atom. The smallest absolute Gasteiger partial charge is 0.318 e. The molecule has 2 heterocycles. The fourth-order valence-corrected chi connectivity index (χ4v) is 6.46. The van der Waals surface area contributed by atoms with E-state index in [1.54, 1.807) is 9.80 Å². The Bertz CT molecular complexity index is 939. The van der Waals surface area contributed by atoms with Crippen LogP contribution in [0.5, 0.6) is 0 Å². The van der Waals surface area contributed by atoms with E-state index in [4.69, 9.17) is 0 Å². The van der Waals surface area contributed by atoms with Gasteiger partial charge in [0.2, 0.25) is 11.8 Å². The number of nitrogens with zero attached hydrogens (tertiary/aromatic N) is 3. The quantitative estimate of drug-likeness (QED) is 0.626. The van der Waals surface area contributed by atoms with Crippen molar-refractivity contribution in [1.82, 2.24) is 25.3 Å². The molecule has 0 bridgehead atoms. The topological polar surface area (TPSA) is 85.0 Å². The zero-order chi connectivity index (χ0) is 24.5. The van der Waals surface area contributed by atoms with Gasteiger partial charge in [-0.05, 0) is 57.2 Å². The molecular formula is C27H39N5O3. The Labute approximate surface area is 208 Å². The van der Waals surface area contributed by atoms with Crippen molar-refractivity contribution in [2.24, 2.45) is 5.92 Å². The predicted molar refractivity (Wildman–Crippen MR) is 134 cm³/mol. The average Bonchev–Trinajstić information content (AvgIpc) is 3.13. The summed E-state index contributed by atoms with van der Waals surface area (Å²) in [6, 6.07) is 10.7. The normalized spacial score (nSPS) is 29.3. The average molecular weight is 482 g/mol. The van der Waals surface area contributed by atoms with Crippen molar-refractivity contribution in [3.63, 3.8) is 0 Å². The summed E-state index contributed by atoms with van der Waals surface area (Å²) in [6.45, 7) is 2.73. The number of piperazine rings is 1. The van der Waals surface area contributed by atoms with Crippen LogP contribution in [0.2, 0.25) is 0 Å². The highest BCUT2D eigenvalue weighted by molar-refractivity contribution is 5.89. The first-order chi connectivity index (χ1) is 16.9. The van der Waals surface area contributed by atoms with E-state index in [9.17, 15) is 14.4 Å². The Morgan fingerprint density at radius 2 is 1.86 bits per heavy atom. The van der Waals surface area contributed by atoms with Crippen molar-refractivity contribution in [2.75, 3.05) is 46.3 Å². The minimum atomic E-state index is -0.288. The van der Waals surface area contributed by atoms with Crippen LogP contribution in [-0.2, 0) is 15.1 Å². The van der Waals surface area contributed by atoms with Crippen molar-refractivity contribution < 1.29 is 14.4 Å². The second-order valence-electron chi connectivity index (χ2n) is 11.1. The Hall–Kier alpha value is -2.61. The van der Waals surface area contributed by atoms with Crippen LogP contribution in [0.3, 0.4) is 0 Å². The molecule has 0 aromatic heterocycles. The summed E-state index contributed by atoms with van der Waals surface area (Å²) in [4.78, 5) is 43.1. The maximum absolute atomic E-state index is 12.9. The lowest BCUT2D eigenvalue weighted by molar-refractivity contribution is -0.138. The van der Waals surface area contributed by atoms with E-state index in [0.29, 0.717) is 19.6 Å². The van der Waals surface area contributed by atoms with Gasteiger partial charge in [-0.1, -0.05) is 49.6 Å². The lowest BCUT2D eigenvalue weighted by Crippen LogP contribution is -2.55. The third-order valence-electron chi connectivity index (χ3n) is 9.04. The Kier molecular flexibility index (Phi) is 6.75. The number of urea groups is 1. The molecule has 2 N–H and O–H groups in total. The second kappa shape index (κ2) is 9.80. The summed E-state index contributed by atoms with van der Waals surface area (Å²) in [5.74, 6) is 0.585. The first kappa shape index (κ1) is 24.1. The van der Waals surface area contributed by atoms with Crippen LogP contribution in [0.25, 0.3) is 0 Å². The molecule has 5 rings (SSSR count). The highest BCUT2D eigenvalue weighted by Crippen LogP contribution is 2.47. The SMILES string of the molecule is CN(CCC1CCC1)C1(c2ccccc2)CCC2(CC1)CN(CC(=O)N1CCNC(=O)C1)C(=O)N2. The van der Waals surface area contributed by atoms with E-state index < -0.39 is 0 Å². The number of benzene rings is 1. The third-order valence-corrected chi connectivity index (χ3v) is 9.04. The van der Waals surface area contributed by atoms with Crippen LogP contribution >= 0.6 is 0 Å². The van der Waals surface area contributed by atoms with Crippen LogP contribution in [0.15, 0.2) is 30.3 Å². The fourth-order valence-electron chi connectivity index (χ4n) is 6.46. The van der Waals surface area contributed by atoms with Crippen molar-refractivity contribution in [3.05, 3.63) is 35.9 Å². The molecule has 35 heavy (non-hydrogen) atoms. The van der Waals surface area contributed by atoms with Crippen LogP contribution in [0.1, 0.15) is 56.9 Å². The minimum absolute atomic E-state index is 0.0224. The van der Waals surface area contributed by atoms with Gasteiger partial charge in [-0.25, -0.2) is 4.79 Å². The molecule has 8 heteroatoms. The van der Waals surface area contributed by atoms with E-state index in [1.807, 2.05) is 0 Å². The molecule has 2 saturated heterocycles. The lowest BCUT2D eigenvalue weighted by Gasteiger charge is -2.50. The van der Waals surface area contributed by atoms with Gasteiger partial charge in [0.15, 0.2) is 0 Å². The van der Waals surface area contributed by atoms with E-state index in [2.05, 4.69) is 52.9 Å². The minimum Gasteiger partial charge on any atom is -0.353 e. The maximum Gasteiger partial charge on any atom is 0.318 e. The molecule has 2 saturated carbocycles. The van der Waals surface area contributed by atoms with Gasteiger partial charge in [-0.3, -0.25) is 14.5 Å². The molecule has 0 unspecified atom stereocenters. The molecule has 1 spiro atoms. The number of nitrogens with one attached hydrogen (secondary N) is 2. The predicted octanol–water partition coefficient (Wildman–Crippen LogP) is 2.30. The highest BCUT2D eigenvalue weighted by Gasteiger charge is 2.50. The van der Waals surface area contributed by atoms with Crippen molar-refractivity contribution >= 4 is 17.8 Å². The van der Waals surface area contributed by atoms with Crippen molar-refractivity contribution in [3.8, 4) is 0 Å². The number of amides is 4.